The van der Waals surface area contributed by atoms with Crippen LogP contribution in [0, 0.1) is 0 Å². The Morgan fingerprint density at radius 3 is 2.63 bits per heavy atom. The Hall–Kier alpha value is -2.21. The second-order valence-electron chi connectivity index (χ2n) is 7.21. The quantitative estimate of drug-likeness (QED) is 0.614. The summed E-state index contributed by atoms with van der Waals surface area (Å²) in [4.78, 5) is 30.4. The van der Waals surface area contributed by atoms with E-state index in [1.54, 1.807) is 30.5 Å². The molecule has 0 unspecified atom stereocenters. The maximum Gasteiger partial charge on any atom is 0.265 e. The van der Waals surface area contributed by atoms with Gasteiger partial charge in [-0.05, 0) is 43.2 Å². The van der Waals surface area contributed by atoms with Crippen molar-refractivity contribution in [2.24, 2.45) is 0 Å². The Bertz CT molecular complexity index is 1050. The average molecular weight is 428 g/mol. The first-order valence-electron chi connectivity index (χ1n) is 9.55. The van der Waals surface area contributed by atoms with Gasteiger partial charge in [0.2, 0.25) is 0 Å². The zero-order chi connectivity index (χ0) is 18.8. The molecule has 0 saturated heterocycles. The minimum atomic E-state index is -0.170. The molecule has 1 aromatic carbocycles. The Kier molecular flexibility index (Phi) is 5.25. The lowest BCUT2D eigenvalue weighted by atomic mass is 9.96. The summed E-state index contributed by atoms with van der Waals surface area (Å²) in [7, 11) is 0. The molecule has 2 aromatic heterocycles. The molecule has 5 nitrogen and oxygen atoms in total. The number of pyridine rings is 1. The minimum Gasteiger partial charge on any atom is -0.349 e. The Morgan fingerprint density at radius 1 is 1.11 bits per heavy atom. The van der Waals surface area contributed by atoms with Crippen LogP contribution in [0.3, 0.4) is 0 Å². The van der Waals surface area contributed by atoms with Gasteiger partial charge in [0.25, 0.3) is 11.5 Å². The summed E-state index contributed by atoms with van der Waals surface area (Å²) in [5, 5.41) is 3.70. The zero-order valence-electron chi connectivity index (χ0n) is 15.1. The lowest BCUT2D eigenvalue weighted by molar-refractivity contribution is 0.0931. The molecule has 27 heavy (non-hydrogen) atoms. The van der Waals surface area contributed by atoms with Crippen LogP contribution in [0.15, 0.2) is 45.8 Å². The number of fused-ring (bicyclic) bond motifs is 2. The number of amides is 1. The van der Waals surface area contributed by atoms with Crippen molar-refractivity contribution in [3.63, 3.8) is 0 Å². The van der Waals surface area contributed by atoms with Crippen LogP contribution in [0.25, 0.3) is 16.6 Å². The van der Waals surface area contributed by atoms with Crippen LogP contribution in [0.4, 0.5) is 0 Å². The SMILES string of the molecule is O=C(NC1CCCCCCC1)c1cccn2c(=O)c3cc(Br)ccc3nc12. The lowest BCUT2D eigenvalue weighted by Crippen LogP contribution is -2.36. The van der Waals surface area contributed by atoms with E-state index in [-0.39, 0.29) is 17.5 Å². The predicted molar refractivity (Wildman–Crippen MR) is 110 cm³/mol. The number of hydrogen-bond donors (Lipinski definition) is 1. The third-order valence-electron chi connectivity index (χ3n) is 5.29. The van der Waals surface area contributed by atoms with Crippen LogP contribution < -0.4 is 10.9 Å². The van der Waals surface area contributed by atoms with Gasteiger partial charge in [0.15, 0.2) is 5.65 Å². The summed E-state index contributed by atoms with van der Waals surface area (Å²) in [6, 6.07) is 9.07. The molecule has 0 aliphatic heterocycles. The number of benzene rings is 1. The van der Waals surface area contributed by atoms with E-state index in [1.807, 2.05) is 6.07 Å². The molecule has 140 valence electrons. The minimum absolute atomic E-state index is 0.151. The first-order valence-corrected chi connectivity index (χ1v) is 10.3. The molecular weight excluding hydrogens is 406 g/mol. The molecule has 3 aromatic rings. The molecule has 2 heterocycles. The van der Waals surface area contributed by atoms with E-state index in [9.17, 15) is 9.59 Å². The molecule has 6 heteroatoms. The summed E-state index contributed by atoms with van der Waals surface area (Å²) in [6.45, 7) is 0. The first kappa shape index (κ1) is 18.2. The fourth-order valence-electron chi connectivity index (χ4n) is 3.84. The number of carbonyl (C=O) groups excluding carboxylic acids is 1. The maximum atomic E-state index is 13.0. The molecule has 1 aliphatic carbocycles. The van der Waals surface area contributed by atoms with Gasteiger partial charge in [-0.1, -0.05) is 48.0 Å². The van der Waals surface area contributed by atoms with Gasteiger partial charge in [0.05, 0.1) is 16.5 Å². The van der Waals surface area contributed by atoms with Crippen LogP contribution in [-0.2, 0) is 0 Å². The van der Waals surface area contributed by atoms with Gasteiger partial charge in [0, 0.05) is 16.7 Å². The molecule has 1 fully saturated rings. The predicted octanol–water partition coefficient (Wildman–Crippen LogP) is 4.45. The molecule has 0 spiro atoms. The highest BCUT2D eigenvalue weighted by Gasteiger charge is 2.18. The van der Waals surface area contributed by atoms with Crippen LogP contribution in [0.5, 0.6) is 0 Å². The fraction of sp³-hybridized carbons (Fsp3) is 0.381. The number of nitrogens with zero attached hydrogens (tertiary/aromatic N) is 2. The third kappa shape index (κ3) is 3.76. The Balaban J connectivity index is 1.73. The van der Waals surface area contributed by atoms with Crippen molar-refractivity contribution >= 4 is 38.4 Å². The summed E-state index contributed by atoms with van der Waals surface area (Å²) >= 11 is 3.40. The van der Waals surface area contributed by atoms with Gasteiger partial charge in [0.1, 0.15) is 0 Å². The normalized spacial score (nSPS) is 16.2. The van der Waals surface area contributed by atoms with Crippen molar-refractivity contribution in [1.82, 2.24) is 14.7 Å². The van der Waals surface area contributed by atoms with Gasteiger partial charge >= 0.3 is 0 Å². The van der Waals surface area contributed by atoms with E-state index < -0.39 is 0 Å². The van der Waals surface area contributed by atoms with Gasteiger partial charge in [-0.25, -0.2) is 4.98 Å². The number of aromatic nitrogens is 2. The third-order valence-corrected chi connectivity index (χ3v) is 5.78. The number of nitrogens with one attached hydrogen (secondary N) is 1. The number of carbonyl (C=O) groups is 1. The standard InChI is InChI=1S/C21H22BrN3O2/c22-14-10-11-18-17(13-14)21(27)25-12-6-9-16(19(25)24-18)20(26)23-15-7-4-2-1-3-5-8-15/h6,9-13,15H,1-5,7-8H2,(H,23,26). The fourth-order valence-corrected chi connectivity index (χ4v) is 4.20. The summed E-state index contributed by atoms with van der Waals surface area (Å²) in [5.41, 5.74) is 1.27. The van der Waals surface area contributed by atoms with E-state index in [0.29, 0.717) is 22.1 Å². The highest BCUT2D eigenvalue weighted by atomic mass is 79.9. The molecule has 0 atom stereocenters. The molecule has 0 bridgehead atoms. The number of halogens is 1. The van der Waals surface area contributed by atoms with Crippen LogP contribution in [0.2, 0.25) is 0 Å². The molecular formula is C21H22BrN3O2. The monoisotopic (exact) mass is 427 g/mol. The van der Waals surface area contributed by atoms with Crippen molar-refractivity contribution in [2.45, 2.75) is 51.0 Å². The van der Waals surface area contributed by atoms with Crippen LogP contribution in [0.1, 0.15) is 55.3 Å². The first-order chi connectivity index (χ1) is 13.1. The summed E-state index contributed by atoms with van der Waals surface area (Å²) < 4.78 is 2.29. The lowest BCUT2D eigenvalue weighted by Gasteiger charge is -2.21. The van der Waals surface area contributed by atoms with Crippen molar-refractivity contribution < 1.29 is 4.79 Å². The maximum absolute atomic E-state index is 13.0. The molecule has 1 aliphatic rings. The van der Waals surface area contributed by atoms with Crippen molar-refractivity contribution in [3.05, 3.63) is 56.9 Å². The van der Waals surface area contributed by atoms with Gasteiger partial charge in [-0.2, -0.15) is 0 Å². The summed E-state index contributed by atoms with van der Waals surface area (Å²) in [5.74, 6) is -0.151. The topological polar surface area (TPSA) is 63.5 Å². The second kappa shape index (κ2) is 7.80. The molecule has 4 rings (SSSR count). The second-order valence-corrected chi connectivity index (χ2v) is 8.13. The van der Waals surface area contributed by atoms with E-state index in [2.05, 4.69) is 26.2 Å². The van der Waals surface area contributed by atoms with E-state index >= 15 is 0 Å². The molecule has 1 amide bonds. The van der Waals surface area contributed by atoms with Crippen molar-refractivity contribution in [2.75, 3.05) is 0 Å². The average Bonchev–Trinajstić information content (AvgIpc) is 2.64. The highest BCUT2D eigenvalue weighted by Crippen LogP contribution is 2.20. The molecule has 0 radical (unpaired) electrons. The Labute approximate surface area is 165 Å². The number of hydrogen-bond acceptors (Lipinski definition) is 3. The van der Waals surface area contributed by atoms with Crippen LogP contribution in [-0.4, -0.2) is 21.3 Å². The van der Waals surface area contributed by atoms with Gasteiger partial charge in [-0.3, -0.25) is 14.0 Å². The molecule has 1 saturated carbocycles. The van der Waals surface area contributed by atoms with Crippen molar-refractivity contribution in [3.8, 4) is 0 Å². The van der Waals surface area contributed by atoms with E-state index in [0.717, 1.165) is 30.2 Å². The van der Waals surface area contributed by atoms with Gasteiger partial charge in [-0.15, -0.1) is 0 Å². The Morgan fingerprint density at radius 2 is 1.85 bits per heavy atom. The van der Waals surface area contributed by atoms with Crippen LogP contribution >= 0.6 is 15.9 Å². The number of rotatable bonds is 2. The summed E-state index contributed by atoms with van der Waals surface area (Å²) in [6.07, 6.45) is 9.76. The smallest absolute Gasteiger partial charge is 0.265 e. The van der Waals surface area contributed by atoms with E-state index in [1.165, 1.54) is 23.7 Å². The zero-order valence-corrected chi connectivity index (χ0v) is 16.7. The van der Waals surface area contributed by atoms with E-state index in [4.69, 9.17) is 0 Å². The highest BCUT2D eigenvalue weighted by molar-refractivity contribution is 9.10. The van der Waals surface area contributed by atoms with Crippen molar-refractivity contribution in [1.29, 1.82) is 0 Å². The largest absolute Gasteiger partial charge is 0.349 e. The van der Waals surface area contributed by atoms with Gasteiger partial charge < -0.3 is 5.32 Å². The molecule has 1 N–H and O–H groups in total.